The fraction of sp³-hybridized carbons (Fsp3) is 0.436. The topological polar surface area (TPSA) is 327 Å². The maximum atomic E-state index is 13.6. The second kappa shape index (κ2) is 44.7. The number of fused-ring (bicyclic) bond motifs is 2. The van der Waals surface area contributed by atoms with Crippen molar-refractivity contribution in [2.45, 2.75) is 190 Å². The minimum atomic E-state index is -1.45. The molecule has 660 valence electrons. The number of ether oxygens (including phenoxy) is 5. The Hall–Kier alpha value is -10.8. The lowest BCUT2D eigenvalue weighted by Crippen LogP contribution is -2.54. The number of rotatable bonds is 28. The van der Waals surface area contributed by atoms with Crippen LogP contribution in [-0.4, -0.2) is 201 Å². The van der Waals surface area contributed by atoms with Gasteiger partial charge in [-0.05, 0) is 205 Å². The molecule has 10 aromatic rings. The summed E-state index contributed by atoms with van der Waals surface area (Å²) in [4.78, 5) is 82.1. The number of anilines is 2. The molecule has 0 unspecified atom stereocenters. The number of piperazine rings is 2. The van der Waals surface area contributed by atoms with Crippen LogP contribution in [-0.2, 0) is 79.4 Å². The molecule has 8 heterocycles. The standard InChI is InChI=1S/C44H54N8O4.C32H37BrN6O4.C17H27BN2O4.CH4/c1-5-40-38(41(49-36-13-17-56-18-14-36)39-26-48-52(6-2)42(39)50-40)25-47-44(54)34-12-8-11-33(22-34)43(53)46-24-31-20-35(23-37(21-31)55-4)32-10-7-9-30(19-32)28-51-16-15-45-29(3)27-51;1-4-28-26(29(37-24-9-11-43-12-10-24)27-19-36-39(5-2)30(27)38-28)18-35-32(41)22-8-6-7-21(15-22)31(40)34-17-20-13-23(33)16-25(14-20)42-3;1-13-11-19(8-9-20(13)16(21)24-17(2,3)4)12-14-6-5-7-15(10-14)18(22)23;/h7-12,19-23,26,29,36,45H,5-6,13-18,24-25,27-28H2,1-4H3,(H,46,53)(H,47,54)(H,49,50);6-8,13-16,19,24H,4-5,9-12,17-18H2,1-3H3,(H,34,40)(H,35,41)(H,37,38);5-7,10,13,22-23H,8-9,11-12H2,1-4H3;1H4/t29-;;13-;/m0.0./s1. The van der Waals surface area contributed by atoms with Gasteiger partial charge in [-0.3, -0.25) is 29.0 Å². The zero-order chi connectivity index (χ0) is 87.3. The van der Waals surface area contributed by atoms with Crippen LogP contribution < -0.4 is 52.2 Å². The number of amides is 5. The third-order valence-corrected chi connectivity index (χ3v) is 22.8. The number of benzene rings is 6. The highest BCUT2D eigenvalue weighted by atomic mass is 79.9. The first-order valence-corrected chi connectivity index (χ1v) is 43.7. The largest absolute Gasteiger partial charge is 0.497 e. The van der Waals surface area contributed by atoms with E-state index in [4.69, 9.17) is 33.7 Å². The fourth-order valence-electron chi connectivity index (χ4n) is 15.9. The minimum Gasteiger partial charge on any atom is -0.497 e. The second-order valence-corrected chi connectivity index (χ2v) is 33.5. The highest BCUT2D eigenvalue weighted by Gasteiger charge is 2.32. The molecule has 5 amide bonds. The maximum absolute atomic E-state index is 13.6. The number of hydrogen-bond acceptors (Lipinski definition) is 21. The van der Waals surface area contributed by atoms with Gasteiger partial charge >= 0.3 is 13.2 Å². The highest BCUT2D eigenvalue weighted by Crippen LogP contribution is 2.35. The molecule has 0 saturated carbocycles. The molecule has 28 nitrogen and oxygen atoms in total. The normalized spacial score (nSPS) is 15.9. The van der Waals surface area contributed by atoms with Crippen LogP contribution in [0.25, 0.3) is 33.2 Å². The van der Waals surface area contributed by atoms with Gasteiger partial charge in [-0.2, -0.15) is 10.2 Å². The third-order valence-electron chi connectivity index (χ3n) is 22.4. The number of methoxy groups -OCH3 is 2. The summed E-state index contributed by atoms with van der Waals surface area (Å²) in [5.74, 6) is 0.340. The van der Waals surface area contributed by atoms with E-state index < -0.39 is 12.7 Å². The first-order valence-electron chi connectivity index (χ1n) is 42.9. The van der Waals surface area contributed by atoms with E-state index in [1.54, 1.807) is 79.8 Å². The Morgan fingerprint density at radius 2 is 1.01 bits per heavy atom. The first-order chi connectivity index (χ1) is 59.4. The van der Waals surface area contributed by atoms with Gasteiger partial charge in [-0.1, -0.05) is 91.8 Å². The Morgan fingerprint density at radius 1 is 0.548 bits per heavy atom. The summed E-state index contributed by atoms with van der Waals surface area (Å²) in [5.41, 5.74) is 15.2. The van der Waals surface area contributed by atoms with E-state index in [1.165, 1.54) is 5.56 Å². The quantitative estimate of drug-likeness (QED) is 0.0206. The molecule has 0 aliphatic carbocycles. The molecule has 2 atom stereocenters. The molecular formula is C94H122BBrN16O12. The van der Waals surface area contributed by atoms with Crippen molar-refractivity contribution in [2.75, 3.05) is 90.5 Å². The lowest BCUT2D eigenvalue weighted by Gasteiger charge is -2.40. The molecule has 4 fully saturated rings. The fourth-order valence-corrected chi connectivity index (χ4v) is 16.5. The van der Waals surface area contributed by atoms with Crippen LogP contribution in [0.15, 0.2) is 150 Å². The van der Waals surface area contributed by atoms with Gasteiger partial charge < -0.3 is 75.8 Å². The average Bonchev–Trinajstić information content (AvgIpc) is 1.66. The lowest BCUT2D eigenvalue weighted by molar-refractivity contribution is 0.000507. The SMILES string of the molecule is C.CCc1nc2c(cnn2CC)c(NC2CCOCC2)c1CNC(=O)c1cccc(C(=O)NCc2cc(Br)cc(OC)c2)c1.CCc1nc2c(cnn2CC)c(NC2CCOCC2)c1CNC(=O)c1cccc(C(=O)NCc2cc(OC)cc(-c3cccc(CN4CCN[C@@H](C)C4)c3)c2)c1.C[C@H]1CN(Cc2cccc(B(O)O)c2)CCN1C(=O)OC(C)(C)C. The molecule has 4 aliphatic rings. The number of halogens is 1. The monoisotopic (exact) mass is 1760 g/mol. The Bertz CT molecular complexity index is 5300. The summed E-state index contributed by atoms with van der Waals surface area (Å²) in [6.07, 6.45) is 8.47. The van der Waals surface area contributed by atoms with Crippen LogP contribution in [0.1, 0.15) is 182 Å². The first kappa shape index (κ1) is 93.9. The van der Waals surface area contributed by atoms with E-state index in [0.29, 0.717) is 118 Å². The molecule has 124 heavy (non-hydrogen) atoms. The van der Waals surface area contributed by atoms with Gasteiger partial charge in [-0.25, -0.2) is 24.1 Å². The third kappa shape index (κ3) is 25.3. The van der Waals surface area contributed by atoms with Crippen molar-refractivity contribution < 1.29 is 57.7 Å². The van der Waals surface area contributed by atoms with Gasteiger partial charge in [-0.15, -0.1) is 0 Å². The Labute approximate surface area is 736 Å². The summed E-state index contributed by atoms with van der Waals surface area (Å²) in [6.45, 7) is 30.4. The predicted octanol–water partition coefficient (Wildman–Crippen LogP) is 12.6. The highest BCUT2D eigenvalue weighted by molar-refractivity contribution is 9.10. The van der Waals surface area contributed by atoms with Crippen LogP contribution in [0.4, 0.5) is 16.2 Å². The Balaban J connectivity index is 0.000000195. The number of nitrogens with zero attached hydrogens (tertiary/aromatic N) is 9. The molecule has 14 rings (SSSR count). The Kier molecular flexibility index (Phi) is 33.8. The van der Waals surface area contributed by atoms with E-state index >= 15 is 0 Å². The van der Waals surface area contributed by atoms with Crippen molar-refractivity contribution in [3.63, 3.8) is 0 Å². The summed E-state index contributed by atoms with van der Waals surface area (Å²) in [5, 5.41) is 52.8. The number of pyridine rings is 2. The molecule has 4 saturated heterocycles. The summed E-state index contributed by atoms with van der Waals surface area (Å²) in [7, 11) is 1.80. The summed E-state index contributed by atoms with van der Waals surface area (Å²) < 4.78 is 32.3. The molecule has 0 radical (unpaired) electrons. The number of aromatic nitrogens is 6. The van der Waals surface area contributed by atoms with Gasteiger partial charge in [0.25, 0.3) is 23.6 Å². The van der Waals surface area contributed by atoms with Gasteiger partial charge in [0.15, 0.2) is 11.3 Å². The van der Waals surface area contributed by atoms with Crippen molar-refractivity contribution in [3.05, 3.63) is 217 Å². The predicted molar refractivity (Wildman–Crippen MR) is 490 cm³/mol. The van der Waals surface area contributed by atoms with Crippen molar-refractivity contribution >= 4 is 91.7 Å². The number of hydrogen-bond donors (Lipinski definition) is 9. The van der Waals surface area contributed by atoms with Gasteiger partial charge in [0.1, 0.15) is 17.1 Å². The molecule has 30 heteroatoms. The lowest BCUT2D eigenvalue weighted by atomic mass is 9.79. The van der Waals surface area contributed by atoms with Crippen LogP contribution in [0, 0.1) is 0 Å². The van der Waals surface area contributed by atoms with Gasteiger partial charge in [0, 0.05) is 191 Å². The van der Waals surface area contributed by atoms with Crippen molar-refractivity contribution in [1.29, 1.82) is 0 Å². The van der Waals surface area contributed by atoms with Gasteiger partial charge in [0.05, 0.1) is 48.8 Å². The zero-order valence-electron chi connectivity index (χ0n) is 72.6. The van der Waals surface area contributed by atoms with Crippen LogP contribution in [0.2, 0.25) is 0 Å². The van der Waals surface area contributed by atoms with Gasteiger partial charge in [0.2, 0.25) is 0 Å². The molecule has 6 aromatic carbocycles. The average molecular weight is 1760 g/mol. The van der Waals surface area contributed by atoms with E-state index in [0.717, 1.165) is 159 Å². The zero-order valence-corrected chi connectivity index (χ0v) is 74.2. The van der Waals surface area contributed by atoms with E-state index in [2.05, 4.69) is 131 Å². The number of carbonyl (C=O) groups excluding carboxylic acids is 5. The minimum absolute atomic E-state index is 0. The number of nitrogens with one attached hydrogen (secondary N) is 7. The summed E-state index contributed by atoms with van der Waals surface area (Å²) >= 11 is 3.46. The van der Waals surface area contributed by atoms with Crippen LogP contribution in [0.5, 0.6) is 11.5 Å². The van der Waals surface area contributed by atoms with Crippen LogP contribution in [0.3, 0.4) is 0 Å². The van der Waals surface area contributed by atoms with E-state index in [1.807, 2.05) is 98.8 Å². The van der Waals surface area contributed by atoms with Crippen molar-refractivity contribution in [3.8, 4) is 22.6 Å². The van der Waals surface area contributed by atoms with E-state index in [-0.39, 0.29) is 68.4 Å². The summed E-state index contributed by atoms with van der Waals surface area (Å²) in [6, 6.07) is 42.2. The molecule has 0 bridgehead atoms. The molecule has 4 aromatic heterocycles. The van der Waals surface area contributed by atoms with Crippen molar-refractivity contribution in [1.82, 2.24) is 70.8 Å². The number of aryl methyl sites for hydroxylation is 4. The molecule has 4 aliphatic heterocycles. The molecule has 0 spiro atoms. The molecule has 9 N–H and O–H groups in total. The maximum Gasteiger partial charge on any atom is 0.488 e. The van der Waals surface area contributed by atoms with Crippen molar-refractivity contribution in [2.24, 2.45) is 0 Å². The second-order valence-electron chi connectivity index (χ2n) is 32.6. The number of carbonyl (C=O) groups is 5. The smallest absolute Gasteiger partial charge is 0.488 e. The van der Waals surface area contributed by atoms with Crippen LogP contribution >= 0.6 is 15.9 Å². The molecular weight excluding hydrogens is 1640 g/mol. The van der Waals surface area contributed by atoms with E-state index in [9.17, 15) is 34.0 Å². The Morgan fingerprint density at radius 3 is 1.48 bits per heavy atom.